The van der Waals surface area contributed by atoms with Gasteiger partial charge in [0.2, 0.25) is 0 Å². The average Bonchev–Trinajstić information content (AvgIpc) is 2.30. The van der Waals surface area contributed by atoms with Crippen molar-refractivity contribution in [3.63, 3.8) is 0 Å². The van der Waals surface area contributed by atoms with Gasteiger partial charge in [-0.05, 0) is 25.0 Å². The van der Waals surface area contributed by atoms with Gasteiger partial charge in [-0.1, -0.05) is 0 Å². The van der Waals surface area contributed by atoms with Gasteiger partial charge >= 0.3 is 0 Å². The number of halogens is 1. The highest BCUT2D eigenvalue weighted by Crippen LogP contribution is 2.29. The molecule has 2 rings (SSSR count). The van der Waals surface area contributed by atoms with Crippen LogP contribution >= 0.6 is 0 Å². The minimum Gasteiger partial charge on any atom is -0.393 e. The van der Waals surface area contributed by atoms with Crippen LogP contribution in [0, 0.1) is 10.1 Å². The van der Waals surface area contributed by atoms with Crippen molar-refractivity contribution in [3.8, 4) is 0 Å². The van der Waals surface area contributed by atoms with Crippen molar-refractivity contribution in [2.75, 3.05) is 23.7 Å². The second kappa shape index (κ2) is 4.57. The summed E-state index contributed by atoms with van der Waals surface area (Å²) in [6, 6.07) is 4.71. The van der Waals surface area contributed by atoms with Crippen LogP contribution in [-0.2, 0) is 0 Å². The van der Waals surface area contributed by atoms with E-state index in [2.05, 4.69) is 0 Å². The Morgan fingerprint density at radius 1 is 1.41 bits per heavy atom. The molecule has 0 unspecified atom stereocenters. The van der Waals surface area contributed by atoms with E-state index in [1.165, 1.54) is 12.1 Å². The van der Waals surface area contributed by atoms with E-state index in [0.717, 1.165) is 5.69 Å². The molecule has 0 amide bonds. The number of rotatable bonds is 2. The van der Waals surface area contributed by atoms with Crippen molar-refractivity contribution in [1.29, 1.82) is 0 Å². The lowest BCUT2D eigenvalue weighted by atomic mass is 10.1. The first-order chi connectivity index (χ1) is 8.08. The van der Waals surface area contributed by atoms with E-state index < -0.39 is 11.1 Å². The van der Waals surface area contributed by atoms with Crippen molar-refractivity contribution in [1.82, 2.24) is 0 Å². The van der Waals surface area contributed by atoms with Crippen molar-refractivity contribution >= 4 is 17.1 Å². The third-order valence-corrected chi connectivity index (χ3v) is 3.00. The van der Waals surface area contributed by atoms with Gasteiger partial charge in [-0.3, -0.25) is 10.1 Å². The molecule has 0 spiro atoms. The number of nitrogen functional groups attached to an aromatic ring is 1. The summed E-state index contributed by atoms with van der Waals surface area (Å²) in [7, 11) is 0. The molecule has 5 nitrogen and oxygen atoms in total. The minimum absolute atomic E-state index is 0.0927. The van der Waals surface area contributed by atoms with Crippen molar-refractivity contribution < 1.29 is 9.31 Å². The Balaban J connectivity index is 2.21. The monoisotopic (exact) mass is 239 g/mol. The lowest BCUT2D eigenvalue weighted by Gasteiger charge is -2.30. The van der Waals surface area contributed by atoms with E-state index in [4.69, 9.17) is 5.73 Å². The molecule has 1 aromatic rings. The summed E-state index contributed by atoms with van der Waals surface area (Å²) in [5.41, 5.74) is 6.32. The zero-order chi connectivity index (χ0) is 12.4. The lowest BCUT2D eigenvalue weighted by Crippen LogP contribution is -2.34. The van der Waals surface area contributed by atoms with Gasteiger partial charge in [0.05, 0.1) is 4.92 Å². The minimum atomic E-state index is -0.755. The summed E-state index contributed by atoms with van der Waals surface area (Å²) < 4.78 is 13.0. The fraction of sp³-hybridized carbons (Fsp3) is 0.455. The molecular weight excluding hydrogens is 225 g/mol. The Bertz CT molecular complexity index is 431. The Morgan fingerprint density at radius 2 is 2.06 bits per heavy atom. The smallest absolute Gasteiger partial charge is 0.294 e. The summed E-state index contributed by atoms with van der Waals surface area (Å²) in [5, 5.41) is 10.8. The van der Waals surface area contributed by atoms with Gasteiger partial charge in [0, 0.05) is 24.8 Å². The number of nitrogens with zero attached hydrogens (tertiary/aromatic N) is 2. The number of hydrogen-bond donors (Lipinski definition) is 1. The molecule has 0 aliphatic carbocycles. The van der Waals surface area contributed by atoms with Crippen LogP contribution in [0.25, 0.3) is 0 Å². The van der Waals surface area contributed by atoms with E-state index in [1.807, 2.05) is 4.90 Å². The highest BCUT2D eigenvalue weighted by atomic mass is 19.1. The fourth-order valence-corrected chi connectivity index (χ4v) is 1.99. The molecule has 1 fully saturated rings. The quantitative estimate of drug-likeness (QED) is 0.487. The first-order valence-corrected chi connectivity index (χ1v) is 5.51. The van der Waals surface area contributed by atoms with Crippen LogP contribution in [0.1, 0.15) is 12.8 Å². The normalized spacial score (nSPS) is 17.1. The van der Waals surface area contributed by atoms with Crippen LogP contribution in [0.4, 0.5) is 21.5 Å². The summed E-state index contributed by atoms with van der Waals surface area (Å²) in [4.78, 5) is 12.2. The summed E-state index contributed by atoms with van der Waals surface area (Å²) >= 11 is 0. The predicted octanol–water partition coefficient (Wildman–Crippen LogP) is 2.12. The number of nitro benzene ring substituents is 1. The zero-order valence-electron chi connectivity index (χ0n) is 9.30. The lowest BCUT2D eigenvalue weighted by molar-refractivity contribution is -0.383. The van der Waals surface area contributed by atoms with Crippen molar-refractivity contribution in [2.24, 2.45) is 0 Å². The molecule has 1 aliphatic rings. The van der Waals surface area contributed by atoms with Crippen LogP contribution in [0.15, 0.2) is 18.2 Å². The molecule has 1 heterocycles. The van der Waals surface area contributed by atoms with Crippen LogP contribution in [0.2, 0.25) is 0 Å². The molecule has 0 aromatic heterocycles. The summed E-state index contributed by atoms with van der Waals surface area (Å²) in [6.07, 6.45) is 0.186. The molecule has 0 saturated carbocycles. The average molecular weight is 239 g/mol. The maximum Gasteiger partial charge on any atom is 0.294 e. The number of benzene rings is 1. The second-order valence-electron chi connectivity index (χ2n) is 4.16. The SMILES string of the molecule is Nc1ccc(N2CCC(F)CC2)cc1[N+](=O)[O-]. The summed E-state index contributed by atoms with van der Waals surface area (Å²) in [6.45, 7) is 1.17. The van der Waals surface area contributed by atoms with Crippen LogP contribution in [0.3, 0.4) is 0 Å². The first-order valence-electron chi connectivity index (χ1n) is 5.51. The Kier molecular flexibility index (Phi) is 3.12. The van der Waals surface area contributed by atoms with Gasteiger partial charge in [0.1, 0.15) is 11.9 Å². The molecule has 1 saturated heterocycles. The van der Waals surface area contributed by atoms with Crippen molar-refractivity contribution in [2.45, 2.75) is 19.0 Å². The highest BCUT2D eigenvalue weighted by Gasteiger charge is 2.21. The number of nitrogens with two attached hydrogens (primary N) is 1. The molecule has 17 heavy (non-hydrogen) atoms. The van der Waals surface area contributed by atoms with E-state index >= 15 is 0 Å². The van der Waals surface area contributed by atoms with E-state index in [9.17, 15) is 14.5 Å². The van der Waals surface area contributed by atoms with Crippen LogP contribution < -0.4 is 10.6 Å². The Hall–Kier alpha value is -1.85. The predicted molar refractivity (Wildman–Crippen MR) is 63.9 cm³/mol. The van der Waals surface area contributed by atoms with Gasteiger partial charge < -0.3 is 10.6 Å². The largest absolute Gasteiger partial charge is 0.393 e. The topological polar surface area (TPSA) is 72.4 Å². The molecule has 2 N–H and O–H groups in total. The Morgan fingerprint density at radius 3 is 2.65 bits per heavy atom. The third kappa shape index (κ3) is 2.46. The third-order valence-electron chi connectivity index (χ3n) is 3.00. The van der Waals surface area contributed by atoms with E-state index in [-0.39, 0.29) is 11.4 Å². The molecule has 0 atom stereocenters. The molecule has 1 aliphatic heterocycles. The van der Waals surface area contributed by atoms with Crippen LogP contribution in [-0.4, -0.2) is 24.2 Å². The molecule has 0 bridgehead atoms. The zero-order valence-corrected chi connectivity index (χ0v) is 9.30. The molecule has 0 radical (unpaired) electrons. The van der Waals surface area contributed by atoms with Crippen molar-refractivity contribution in [3.05, 3.63) is 28.3 Å². The number of alkyl halides is 1. The van der Waals surface area contributed by atoms with Gasteiger partial charge in [0.25, 0.3) is 5.69 Å². The second-order valence-corrected chi connectivity index (χ2v) is 4.16. The highest BCUT2D eigenvalue weighted by molar-refractivity contribution is 5.66. The molecule has 1 aromatic carbocycles. The standard InChI is InChI=1S/C11H14FN3O2/c12-8-3-5-14(6-4-8)9-1-2-10(13)11(7-9)15(16)17/h1-2,7-8H,3-6,13H2. The van der Waals surface area contributed by atoms with Gasteiger partial charge in [-0.15, -0.1) is 0 Å². The molecule has 92 valence electrons. The van der Waals surface area contributed by atoms with Crippen LogP contribution in [0.5, 0.6) is 0 Å². The molecular formula is C11H14FN3O2. The van der Waals surface area contributed by atoms with Gasteiger partial charge in [-0.2, -0.15) is 0 Å². The fourth-order valence-electron chi connectivity index (χ4n) is 1.99. The number of nitro groups is 1. The van der Waals surface area contributed by atoms with Gasteiger partial charge in [0.15, 0.2) is 0 Å². The first kappa shape index (κ1) is 11.6. The summed E-state index contributed by atoms with van der Waals surface area (Å²) in [5.74, 6) is 0. The Labute approximate surface area is 98.2 Å². The van der Waals surface area contributed by atoms with E-state index in [1.54, 1.807) is 6.07 Å². The van der Waals surface area contributed by atoms with E-state index in [0.29, 0.717) is 25.9 Å². The maximum atomic E-state index is 13.0. The molecule has 6 heteroatoms. The number of anilines is 2. The maximum absolute atomic E-state index is 13.0. The number of piperidine rings is 1. The van der Waals surface area contributed by atoms with Gasteiger partial charge in [-0.25, -0.2) is 4.39 Å². The number of hydrogen-bond acceptors (Lipinski definition) is 4.